The molecule has 1 fully saturated rings. The van der Waals surface area contributed by atoms with Crippen molar-refractivity contribution in [3.05, 3.63) is 0 Å². The fourth-order valence-corrected chi connectivity index (χ4v) is 5.44. The van der Waals surface area contributed by atoms with Crippen LogP contribution in [-0.4, -0.2) is 55.2 Å². The van der Waals surface area contributed by atoms with Crippen molar-refractivity contribution >= 4 is 42.1 Å². The largest absolute Gasteiger partial charge is 0.379 e. The molecule has 0 saturated carbocycles. The van der Waals surface area contributed by atoms with Crippen molar-refractivity contribution in [2.24, 2.45) is 0 Å². The zero-order chi connectivity index (χ0) is 12.9. The van der Waals surface area contributed by atoms with Crippen LogP contribution in [-0.2, 0) is 14.9 Å². The van der Waals surface area contributed by atoms with E-state index in [9.17, 15) is 8.42 Å². The molecule has 17 heavy (non-hydrogen) atoms. The lowest BCUT2D eigenvalue weighted by Gasteiger charge is -2.34. The molecule has 0 aliphatic carbocycles. The highest BCUT2D eigenvalue weighted by Crippen LogP contribution is 2.19. The average Bonchev–Trinajstić information content (AvgIpc) is 2.37. The van der Waals surface area contributed by atoms with Crippen LogP contribution in [0.1, 0.15) is 13.3 Å². The van der Waals surface area contributed by atoms with E-state index in [0.29, 0.717) is 43.4 Å². The third-order valence-corrected chi connectivity index (χ3v) is 6.73. The fourth-order valence-electron chi connectivity index (χ4n) is 1.48. The molecule has 1 saturated heterocycles. The average molecular weight is 394 g/mol. The van der Waals surface area contributed by atoms with Gasteiger partial charge in [-0.05, 0) is 6.42 Å². The number of rotatable bonds is 6. The Bertz CT molecular complexity index is 319. The predicted octanol–water partition coefficient (Wildman–Crippen LogP) is 1.09. The van der Waals surface area contributed by atoms with Crippen molar-refractivity contribution in [3.8, 4) is 0 Å². The topological polar surface area (TPSA) is 58.6 Å². The van der Waals surface area contributed by atoms with E-state index in [1.54, 1.807) is 0 Å². The molecular formula is C9H18Br2N2O3S. The van der Waals surface area contributed by atoms with Gasteiger partial charge in [-0.3, -0.25) is 0 Å². The number of halogens is 2. The van der Waals surface area contributed by atoms with Crippen LogP contribution in [0.15, 0.2) is 0 Å². The summed E-state index contributed by atoms with van der Waals surface area (Å²) in [5.74, 6) is 0. The summed E-state index contributed by atoms with van der Waals surface area (Å²) >= 11 is 6.74. The molecule has 1 rings (SSSR count). The molecule has 1 aliphatic heterocycles. The molecule has 0 amide bonds. The van der Waals surface area contributed by atoms with E-state index >= 15 is 0 Å². The molecule has 0 atom stereocenters. The van der Waals surface area contributed by atoms with Crippen molar-refractivity contribution in [2.75, 3.05) is 37.0 Å². The lowest BCUT2D eigenvalue weighted by molar-refractivity contribution is 0.0720. The summed E-state index contributed by atoms with van der Waals surface area (Å²) in [6.45, 7) is 3.72. The molecule has 1 heterocycles. The molecule has 102 valence electrons. The third-order valence-electron chi connectivity index (χ3n) is 2.84. The first-order chi connectivity index (χ1) is 7.99. The van der Waals surface area contributed by atoms with E-state index in [-0.39, 0.29) is 0 Å². The van der Waals surface area contributed by atoms with Gasteiger partial charge in [0, 0.05) is 23.7 Å². The van der Waals surface area contributed by atoms with Gasteiger partial charge in [-0.25, -0.2) is 0 Å². The van der Waals surface area contributed by atoms with Gasteiger partial charge in [0.1, 0.15) is 0 Å². The fraction of sp³-hybridized carbons (Fsp3) is 1.00. The molecule has 0 aromatic carbocycles. The van der Waals surface area contributed by atoms with Crippen LogP contribution in [0.4, 0.5) is 0 Å². The summed E-state index contributed by atoms with van der Waals surface area (Å²) in [4.78, 5) is 0. The van der Waals surface area contributed by atoms with Gasteiger partial charge < -0.3 is 4.74 Å². The first kappa shape index (κ1) is 15.8. The lowest BCUT2D eigenvalue weighted by atomic mass is 10.0. The molecule has 0 aromatic heterocycles. The lowest BCUT2D eigenvalue weighted by Crippen LogP contribution is -2.57. The van der Waals surface area contributed by atoms with Gasteiger partial charge in [-0.2, -0.15) is 17.4 Å². The van der Waals surface area contributed by atoms with Crippen molar-refractivity contribution < 1.29 is 13.2 Å². The minimum atomic E-state index is -3.43. The maximum absolute atomic E-state index is 12.2. The molecular weight excluding hydrogens is 376 g/mol. The summed E-state index contributed by atoms with van der Waals surface area (Å²) in [5.41, 5.74) is -0.475. The molecule has 5 nitrogen and oxygen atoms in total. The van der Waals surface area contributed by atoms with Crippen molar-refractivity contribution in [2.45, 2.75) is 18.9 Å². The minimum absolute atomic E-state index is 0.416. The Morgan fingerprint density at radius 2 is 1.82 bits per heavy atom. The Hall–Kier alpha value is 0.790. The zero-order valence-corrected chi connectivity index (χ0v) is 13.8. The quantitative estimate of drug-likeness (QED) is 0.687. The highest BCUT2D eigenvalue weighted by atomic mass is 79.9. The smallest absolute Gasteiger partial charge is 0.280 e. The van der Waals surface area contributed by atoms with Crippen LogP contribution in [0, 0.1) is 0 Å². The number of hydrogen-bond acceptors (Lipinski definition) is 3. The Morgan fingerprint density at radius 3 is 2.24 bits per heavy atom. The highest BCUT2D eigenvalue weighted by Gasteiger charge is 2.34. The maximum Gasteiger partial charge on any atom is 0.280 e. The SMILES string of the molecule is CCC(CBr)(CBr)NS(=O)(=O)N1CCOCC1. The minimum Gasteiger partial charge on any atom is -0.379 e. The predicted molar refractivity (Wildman–Crippen MR) is 75.1 cm³/mol. The van der Waals surface area contributed by atoms with Gasteiger partial charge in [-0.1, -0.05) is 38.8 Å². The van der Waals surface area contributed by atoms with Gasteiger partial charge in [0.25, 0.3) is 10.2 Å². The van der Waals surface area contributed by atoms with Crippen LogP contribution in [0.3, 0.4) is 0 Å². The standard InChI is InChI=1S/C9H18Br2N2O3S/c1-2-9(7-10,8-11)12-17(14,15)13-3-5-16-6-4-13/h12H,2-8H2,1H3. The van der Waals surface area contributed by atoms with Crippen molar-refractivity contribution in [3.63, 3.8) is 0 Å². The summed E-state index contributed by atoms with van der Waals surface area (Å²) in [5, 5.41) is 1.15. The monoisotopic (exact) mass is 392 g/mol. The molecule has 0 unspecified atom stereocenters. The second-order valence-corrected chi connectivity index (χ2v) is 6.81. The number of hydrogen-bond donors (Lipinski definition) is 1. The van der Waals surface area contributed by atoms with Crippen LogP contribution in [0.25, 0.3) is 0 Å². The van der Waals surface area contributed by atoms with Gasteiger partial charge in [0.15, 0.2) is 0 Å². The summed E-state index contributed by atoms with van der Waals surface area (Å²) < 4.78 is 33.8. The Morgan fingerprint density at radius 1 is 1.29 bits per heavy atom. The van der Waals surface area contributed by atoms with E-state index < -0.39 is 15.7 Å². The Labute approximate surface area is 120 Å². The molecule has 0 radical (unpaired) electrons. The Kier molecular flexibility index (Phi) is 6.35. The first-order valence-electron chi connectivity index (χ1n) is 5.48. The summed E-state index contributed by atoms with van der Waals surface area (Å²) in [7, 11) is -3.43. The molecule has 0 bridgehead atoms. The highest BCUT2D eigenvalue weighted by molar-refractivity contribution is 9.09. The van der Waals surface area contributed by atoms with E-state index in [4.69, 9.17) is 4.74 Å². The molecule has 8 heteroatoms. The number of nitrogens with zero attached hydrogens (tertiary/aromatic N) is 1. The Balaban J connectivity index is 2.76. The summed E-state index contributed by atoms with van der Waals surface area (Å²) in [6, 6.07) is 0. The van der Waals surface area contributed by atoms with Crippen LogP contribution < -0.4 is 4.72 Å². The molecule has 0 spiro atoms. The van der Waals surface area contributed by atoms with Gasteiger partial charge >= 0.3 is 0 Å². The maximum atomic E-state index is 12.2. The molecule has 0 aromatic rings. The second kappa shape index (κ2) is 6.81. The normalized spacial score (nSPS) is 19.5. The van der Waals surface area contributed by atoms with E-state index in [2.05, 4.69) is 36.6 Å². The molecule has 1 aliphatic rings. The first-order valence-corrected chi connectivity index (χ1v) is 9.17. The van der Waals surface area contributed by atoms with E-state index in [0.717, 1.165) is 0 Å². The number of ether oxygens (including phenoxy) is 1. The second-order valence-electron chi connectivity index (χ2n) is 4.02. The van der Waals surface area contributed by atoms with Crippen LogP contribution >= 0.6 is 31.9 Å². The van der Waals surface area contributed by atoms with Gasteiger partial charge in [0.2, 0.25) is 0 Å². The number of alkyl halides is 2. The number of morpholine rings is 1. The zero-order valence-electron chi connectivity index (χ0n) is 9.79. The number of nitrogens with one attached hydrogen (secondary N) is 1. The van der Waals surface area contributed by atoms with Crippen LogP contribution in [0.2, 0.25) is 0 Å². The van der Waals surface area contributed by atoms with E-state index in [1.165, 1.54) is 4.31 Å². The molecule has 1 N–H and O–H groups in total. The van der Waals surface area contributed by atoms with Crippen LogP contribution in [0.5, 0.6) is 0 Å². The van der Waals surface area contributed by atoms with Gasteiger partial charge in [-0.15, -0.1) is 0 Å². The summed E-state index contributed by atoms with van der Waals surface area (Å²) in [6.07, 6.45) is 0.715. The van der Waals surface area contributed by atoms with Crippen molar-refractivity contribution in [1.82, 2.24) is 9.03 Å². The third kappa shape index (κ3) is 4.14. The van der Waals surface area contributed by atoms with Crippen molar-refractivity contribution in [1.29, 1.82) is 0 Å². The van der Waals surface area contributed by atoms with Gasteiger partial charge in [0.05, 0.1) is 18.8 Å². The van der Waals surface area contributed by atoms with E-state index in [1.807, 2.05) is 6.92 Å².